The molecule has 0 fully saturated rings. The lowest BCUT2D eigenvalue weighted by molar-refractivity contribution is 0.448. The highest BCUT2D eigenvalue weighted by Gasteiger charge is 2.39. The second kappa shape index (κ2) is 24.3. The predicted molar refractivity (Wildman–Crippen MR) is 291 cm³/mol. The standard InChI is InChI=1S/C24H17Cl2NO3S.C18H24OSi.C12H8Cl2FNO2S/c25-23-16-13-20(17-24(23)26)27-31(28,29-21-9-5-2-6-10-21)30-22-14-11-19(12-15-22)18-7-3-1-4-8-18;1-18(2,3)20(4,5)19-17-13-11-16(12-14-17)15-9-7-6-8-10-15;13-11-7-6-9(8-12(11)14)16-19(15,17)18-10-4-2-1-3-5-10/h1-17H;6-14H,1-5H3;1-8H. The van der Waals surface area contributed by atoms with Gasteiger partial charge in [0, 0.05) is 0 Å². The van der Waals surface area contributed by atoms with Crippen LogP contribution in [0.1, 0.15) is 20.8 Å². The summed E-state index contributed by atoms with van der Waals surface area (Å²) in [5, 5.41) is 1.38. The Hall–Kier alpha value is -5.83. The summed E-state index contributed by atoms with van der Waals surface area (Å²) in [4.78, 5) is 0. The van der Waals surface area contributed by atoms with Gasteiger partial charge in [-0.2, -0.15) is 8.42 Å². The van der Waals surface area contributed by atoms with Gasteiger partial charge in [0.1, 0.15) is 23.0 Å². The van der Waals surface area contributed by atoms with Gasteiger partial charge < -0.3 is 17.0 Å². The van der Waals surface area contributed by atoms with Crippen LogP contribution in [0.15, 0.2) is 215 Å². The molecular formula is C54H49Cl4FN2O6S2Si. The molecule has 8 nitrogen and oxygen atoms in total. The summed E-state index contributed by atoms with van der Waals surface area (Å²) in [6, 6.07) is 61.4. The molecule has 0 aliphatic carbocycles. The summed E-state index contributed by atoms with van der Waals surface area (Å²) in [5.41, 5.74) is 4.94. The highest BCUT2D eigenvalue weighted by atomic mass is 35.5. The largest absolute Gasteiger partial charge is 0.544 e. The zero-order chi connectivity index (χ0) is 50.4. The van der Waals surface area contributed by atoms with Gasteiger partial charge in [-0.25, -0.2) is 0 Å². The van der Waals surface area contributed by atoms with E-state index in [-0.39, 0.29) is 26.5 Å². The van der Waals surface area contributed by atoms with Crippen molar-refractivity contribution in [1.82, 2.24) is 0 Å². The maximum Gasteiger partial charge on any atom is 0.393 e. The van der Waals surface area contributed by atoms with Gasteiger partial charge in [-0.05, 0) is 125 Å². The van der Waals surface area contributed by atoms with E-state index in [0.29, 0.717) is 27.2 Å². The van der Waals surface area contributed by atoms with Crippen molar-refractivity contribution in [2.45, 2.75) is 38.9 Å². The third kappa shape index (κ3) is 16.4. The lowest BCUT2D eigenvalue weighted by Gasteiger charge is -2.36. The van der Waals surface area contributed by atoms with E-state index in [0.717, 1.165) is 16.9 Å². The fourth-order valence-electron chi connectivity index (χ4n) is 5.85. The number of halogens is 5. The maximum absolute atomic E-state index is 13.8. The van der Waals surface area contributed by atoms with Crippen LogP contribution in [0.3, 0.4) is 0 Å². The third-order valence-electron chi connectivity index (χ3n) is 10.4. The zero-order valence-corrected chi connectivity index (χ0v) is 44.3. The van der Waals surface area contributed by atoms with Crippen molar-refractivity contribution in [1.29, 1.82) is 0 Å². The van der Waals surface area contributed by atoms with E-state index in [4.69, 9.17) is 63.4 Å². The molecule has 0 N–H and O–H groups in total. The molecule has 0 aliphatic heterocycles. The Balaban J connectivity index is 0.000000180. The maximum atomic E-state index is 13.8. The number of nitrogens with zero attached hydrogens (tertiary/aromatic N) is 2. The quantitative estimate of drug-likeness (QED) is 0.0893. The van der Waals surface area contributed by atoms with Crippen molar-refractivity contribution < 1.29 is 29.3 Å². The van der Waals surface area contributed by atoms with Crippen LogP contribution < -0.4 is 17.0 Å². The average Bonchev–Trinajstić information content (AvgIpc) is 3.33. The van der Waals surface area contributed by atoms with E-state index in [1.54, 1.807) is 66.7 Å². The second-order valence-electron chi connectivity index (χ2n) is 16.7. The lowest BCUT2D eigenvalue weighted by Crippen LogP contribution is -2.43. The van der Waals surface area contributed by atoms with E-state index in [2.05, 4.69) is 91.1 Å². The van der Waals surface area contributed by atoms with E-state index in [1.165, 1.54) is 47.5 Å². The van der Waals surface area contributed by atoms with Crippen LogP contribution in [0.2, 0.25) is 38.2 Å². The molecule has 0 aromatic heterocycles. The van der Waals surface area contributed by atoms with Crippen LogP contribution >= 0.6 is 46.4 Å². The van der Waals surface area contributed by atoms with Crippen molar-refractivity contribution in [3.8, 4) is 45.3 Å². The van der Waals surface area contributed by atoms with Crippen molar-refractivity contribution in [2.24, 2.45) is 8.73 Å². The van der Waals surface area contributed by atoms with E-state index in [9.17, 15) is 12.3 Å². The minimum atomic E-state index is -4.34. The molecule has 2 unspecified atom stereocenters. The Morgan fingerprint density at radius 1 is 0.429 bits per heavy atom. The summed E-state index contributed by atoms with van der Waals surface area (Å²) < 4.78 is 68.9. The van der Waals surface area contributed by atoms with E-state index >= 15 is 0 Å². The number of hydrogen-bond acceptors (Lipinski definition) is 8. The number of hydrogen-bond donors (Lipinski definition) is 0. The first-order valence-corrected chi connectivity index (χ1v) is 28.7. The molecule has 0 bridgehead atoms. The minimum Gasteiger partial charge on any atom is -0.544 e. The number of para-hydroxylation sites is 2. The first-order chi connectivity index (χ1) is 33.3. The molecule has 362 valence electrons. The molecule has 8 rings (SSSR count). The van der Waals surface area contributed by atoms with Crippen molar-refractivity contribution in [2.75, 3.05) is 0 Å². The molecule has 0 amide bonds. The van der Waals surface area contributed by atoms with E-state index in [1.807, 2.05) is 54.6 Å². The smallest absolute Gasteiger partial charge is 0.393 e. The fourth-order valence-corrected chi connectivity index (χ4v) is 9.41. The molecule has 0 aliphatic rings. The van der Waals surface area contributed by atoms with Gasteiger partial charge >= 0.3 is 20.7 Å². The molecule has 16 heteroatoms. The summed E-state index contributed by atoms with van der Waals surface area (Å²) >= 11 is 23.5. The molecule has 70 heavy (non-hydrogen) atoms. The highest BCUT2D eigenvalue weighted by Crippen LogP contribution is 2.38. The normalized spacial score (nSPS) is 12.8. The zero-order valence-electron chi connectivity index (χ0n) is 38.7. The van der Waals surface area contributed by atoms with Crippen LogP contribution in [-0.2, 0) is 20.7 Å². The monoisotopic (exact) mass is 1070 g/mol. The van der Waals surface area contributed by atoms with Crippen molar-refractivity contribution in [3.63, 3.8) is 0 Å². The fraction of sp³-hybridized carbons (Fsp3) is 0.111. The Bertz CT molecular complexity index is 3210. The molecule has 2 atom stereocenters. The van der Waals surface area contributed by atoms with Gasteiger partial charge in [0.2, 0.25) is 8.32 Å². The third-order valence-corrected chi connectivity index (χ3v) is 18.3. The molecule has 0 radical (unpaired) electrons. The second-order valence-corrected chi connectivity index (χ2v) is 25.6. The summed E-state index contributed by atoms with van der Waals surface area (Å²) in [5.74, 6) is 1.82. The number of rotatable bonds is 12. The van der Waals surface area contributed by atoms with Crippen molar-refractivity contribution in [3.05, 3.63) is 226 Å². The molecule has 0 saturated heterocycles. The Kier molecular flexibility index (Phi) is 18.6. The van der Waals surface area contributed by atoms with E-state index < -0.39 is 29.0 Å². The topological polar surface area (TPSA) is 95.8 Å². The highest BCUT2D eigenvalue weighted by molar-refractivity contribution is 7.85. The van der Waals surface area contributed by atoms with Crippen molar-refractivity contribution >= 4 is 86.8 Å². The molecule has 8 aromatic rings. The molecular weight excluding hydrogens is 1030 g/mol. The minimum absolute atomic E-state index is 0.0813. The van der Waals surface area contributed by atoms with Crippen LogP contribution in [0, 0.1) is 0 Å². The van der Waals surface area contributed by atoms with Crippen LogP contribution in [0.25, 0.3) is 22.3 Å². The van der Waals surface area contributed by atoms with Gasteiger partial charge in [0.25, 0.3) is 0 Å². The SMILES string of the molecule is CC(C)(C)[Si](C)(C)Oc1ccc(-c2ccccc2)cc1.O=S(=Nc1ccc(Cl)c(Cl)c1)(Oc1ccccc1)Oc1ccc(-c2ccccc2)cc1.O=S(F)(=Nc1ccc(Cl)c(Cl)c1)Oc1ccccc1. The van der Waals surface area contributed by atoms with Gasteiger partial charge in [-0.3, -0.25) is 0 Å². The Labute approximate surface area is 432 Å². The first kappa shape index (κ1) is 53.5. The molecule has 0 saturated carbocycles. The lowest BCUT2D eigenvalue weighted by atomic mass is 10.1. The first-order valence-electron chi connectivity index (χ1n) is 21.6. The summed E-state index contributed by atoms with van der Waals surface area (Å²) in [6.07, 6.45) is 0. The summed E-state index contributed by atoms with van der Waals surface area (Å²) in [7, 11) is -9.72. The summed E-state index contributed by atoms with van der Waals surface area (Å²) in [6.45, 7) is 11.3. The molecule has 0 spiro atoms. The van der Waals surface area contributed by atoms with Gasteiger partial charge in [-0.1, -0.05) is 192 Å². The van der Waals surface area contributed by atoms with Crippen LogP contribution in [-0.4, -0.2) is 16.7 Å². The van der Waals surface area contributed by atoms with Crippen LogP contribution in [0.4, 0.5) is 15.3 Å². The van der Waals surface area contributed by atoms with Gasteiger partial charge in [0.15, 0.2) is 0 Å². The molecule has 8 aromatic carbocycles. The number of benzene rings is 8. The van der Waals surface area contributed by atoms with Crippen LogP contribution in [0.5, 0.6) is 23.0 Å². The Morgan fingerprint density at radius 2 is 0.771 bits per heavy atom. The molecule has 0 heterocycles. The predicted octanol–water partition coefficient (Wildman–Crippen LogP) is 18.5. The van der Waals surface area contributed by atoms with Gasteiger partial charge in [-0.15, -0.1) is 8.73 Å². The average molecular weight is 1080 g/mol. The van der Waals surface area contributed by atoms with Gasteiger partial charge in [0.05, 0.1) is 31.5 Å². The Morgan fingerprint density at radius 3 is 1.17 bits per heavy atom.